The van der Waals surface area contributed by atoms with Gasteiger partial charge in [-0.25, -0.2) is 0 Å². The summed E-state index contributed by atoms with van der Waals surface area (Å²) in [6.45, 7) is 4.18. The Bertz CT molecular complexity index is 801. The SMILES string of the molecule is CC(C)C[C@@H]([NH3+])C(=O)NC1(c2ccc[n+](O)c2)CC1.O=C([O-])C(F)(F)F.O=C([O-])C(F)(F)F. The van der Waals surface area contributed by atoms with E-state index in [2.05, 4.69) is 24.9 Å². The number of carbonyl (C=O) groups excluding carboxylic acids is 3. The Labute approximate surface area is 183 Å². The lowest BCUT2D eigenvalue weighted by atomic mass is 10.0. The number of carboxylic acids is 2. The molecular formula is C18H23F6N3O6. The van der Waals surface area contributed by atoms with Crippen LogP contribution in [0.2, 0.25) is 0 Å². The van der Waals surface area contributed by atoms with Gasteiger partial charge in [-0.2, -0.15) is 26.3 Å². The number of hydrogen-bond acceptors (Lipinski definition) is 6. The van der Waals surface area contributed by atoms with E-state index in [0.29, 0.717) is 5.92 Å². The average Bonchev–Trinajstić information content (AvgIpc) is 3.41. The highest BCUT2D eigenvalue weighted by atomic mass is 19.4. The molecule has 2 rings (SSSR count). The molecular weight excluding hydrogens is 468 g/mol. The molecule has 1 heterocycles. The fraction of sp³-hybridized carbons (Fsp3) is 0.556. The number of nitrogens with one attached hydrogen (secondary N) is 1. The lowest BCUT2D eigenvalue weighted by molar-refractivity contribution is -0.905. The summed E-state index contributed by atoms with van der Waals surface area (Å²) >= 11 is 0. The number of carboxylic acid groups (broad SMARTS) is 2. The highest BCUT2D eigenvalue weighted by molar-refractivity contribution is 5.81. The second-order valence-corrected chi connectivity index (χ2v) is 7.44. The van der Waals surface area contributed by atoms with Crippen LogP contribution in [-0.4, -0.2) is 41.4 Å². The number of pyridine rings is 1. The molecule has 0 spiro atoms. The fourth-order valence-corrected chi connectivity index (χ4v) is 2.37. The molecule has 5 N–H and O–H groups in total. The van der Waals surface area contributed by atoms with Crippen LogP contribution in [0.5, 0.6) is 0 Å². The molecule has 0 radical (unpaired) electrons. The molecule has 0 bridgehead atoms. The second kappa shape index (κ2) is 11.7. The largest absolute Gasteiger partial charge is 0.542 e. The number of amides is 1. The summed E-state index contributed by atoms with van der Waals surface area (Å²) in [5, 5.41) is 30.1. The summed E-state index contributed by atoms with van der Waals surface area (Å²) in [5.74, 6) is -5.56. The van der Waals surface area contributed by atoms with Gasteiger partial charge in [0.15, 0.2) is 6.04 Å². The van der Waals surface area contributed by atoms with E-state index >= 15 is 0 Å². The summed E-state index contributed by atoms with van der Waals surface area (Å²) in [6, 6.07) is 3.49. The molecule has 1 aromatic rings. The first-order valence-electron chi connectivity index (χ1n) is 9.24. The number of alkyl halides is 6. The number of hydrogen-bond donors (Lipinski definition) is 3. The maximum absolute atomic E-state index is 12.1. The van der Waals surface area contributed by atoms with Gasteiger partial charge in [0.05, 0.1) is 5.54 Å². The Kier molecular flexibility index (Phi) is 10.6. The summed E-state index contributed by atoms with van der Waals surface area (Å²) in [4.78, 5) is 29.7. The van der Waals surface area contributed by atoms with Gasteiger partial charge in [-0.1, -0.05) is 13.8 Å². The summed E-state index contributed by atoms with van der Waals surface area (Å²) in [6.07, 6.45) is -4.57. The minimum absolute atomic E-state index is 0.000423. The average molecular weight is 491 g/mol. The van der Waals surface area contributed by atoms with Crippen molar-refractivity contribution in [2.45, 2.75) is 57.0 Å². The molecule has 15 heteroatoms. The van der Waals surface area contributed by atoms with Crippen molar-refractivity contribution < 1.29 is 66.6 Å². The first kappa shape index (κ1) is 29.9. The molecule has 0 aliphatic heterocycles. The van der Waals surface area contributed by atoms with Gasteiger partial charge < -0.3 is 30.9 Å². The van der Waals surface area contributed by atoms with Gasteiger partial charge in [0.25, 0.3) is 5.91 Å². The maximum Gasteiger partial charge on any atom is 0.430 e. The van der Waals surface area contributed by atoms with Gasteiger partial charge in [0.1, 0.15) is 11.9 Å². The van der Waals surface area contributed by atoms with E-state index in [9.17, 15) is 36.3 Å². The third kappa shape index (κ3) is 11.4. The van der Waals surface area contributed by atoms with Crippen LogP contribution in [0, 0.1) is 5.92 Å². The normalized spacial score (nSPS) is 15.2. The minimum Gasteiger partial charge on any atom is -0.542 e. The highest BCUT2D eigenvalue weighted by Crippen LogP contribution is 2.45. The standard InChI is InChI=1S/C14H21N3O2.2C2HF3O2/c1-10(2)8-12(15)13(18)16-14(5-6-14)11-4-3-7-17(19)9-11;2*3-2(4,5)1(6)7/h3-4,7,9-10,12H,5-6,8,15H2,1-2H3,(H-,16,18,19);2*(H,6,7)/t12-;;/m1../s1. The van der Waals surface area contributed by atoms with E-state index in [0.717, 1.165) is 29.6 Å². The molecule has 9 nitrogen and oxygen atoms in total. The minimum atomic E-state index is -5.19. The second-order valence-electron chi connectivity index (χ2n) is 7.44. The number of quaternary nitrogens is 1. The molecule has 0 saturated heterocycles. The molecule has 1 aliphatic carbocycles. The Morgan fingerprint density at radius 3 is 1.85 bits per heavy atom. The Morgan fingerprint density at radius 2 is 1.55 bits per heavy atom. The summed E-state index contributed by atoms with van der Waals surface area (Å²) in [7, 11) is 0. The number of rotatable bonds is 5. The molecule has 1 saturated carbocycles. The van der Waals surface area contributed by atoms with Crippen LogP contribution in [0.1, 0.15) is 38.7 Å². The lowest BCUT2D eigenvalue weighted by Gasteiger charge is -2.18. The van der Waals surface area contributed by atoms with Crippen molar-refractivity contribution in [1.82, 2.24) is 5.32 Å². The predicted molar refractivity (Wildman–Crippen MR) is 91.1 cm³/mol. The highest BCUT2D eigenvalue weighted by Gasteiger charge is 2.48. The zero-order valence-electron chi connectivity index (χ0n) is 17.5. The van der Waals surface area contributed by atoms with E-state index in [4.69, 9.17) is 19.8 Å². The van der Waals surface area contributed by atoms with Gasteiger partial charge in [-0.15, -0.1) is 0 Å². The number of aromatic nitrogens is 1. The van der Waals surface area contributed by atoms with Gasteiger partial charge in [-0.3, -0.25) is 10.0 Å². The molecule has 1 fully saturated rings. The van der Waals surface area contributed by atoms with Crippen LogP contribution < -0.4 is 26.0 Å². The van der Waals surface area contributed by atoms with Crippen molar-refractivity contribution in [3.05, 3.63) is 30.1 Å². The first-order valence-corrected chi connectivity index (χ1v) is 9.24. The van der Waals surface area contributed by atoms with Crippen molar-refractivity contribution in [3.8, 4) is 0 Å². The van der Waals surface area contributed by atoms with Crippen LogP contribution in [0.3, 0.4) is 0 Å². The number of carbonyl (C=O) groups is 3. The molecule has 1 aliphatic rings. The Morgan fingerprint density at radius 1 is 1.12 bits per heavy atom. The summed E-state index contributed by atoms with van der Waals surface area (Å²) in [5.41, 5.74) is 4.59. The number of halogens is 6. The predicted octanol–water partition coefficient (Wildman–Crippen LogP) is -1.43. The van der Waals surface area contributed by atoms with Crippen LogP contribution >= 0.6 is 0 Å². The zero-order valence-corrected chi connectivity index (χ0v) is 17.5. The quantitative estimate of drug-likeness (QED) is 0.260. The van der Waals surface area contributed by atoms with E-state index in [-0.39, 0.29) is 17.5 Å². The van der Waals surface area contributed by atoms with Gasteiger partial charge in [-0.05, 0) is 24.8 Å². The smallest absolute Gasteiger partial charge is 0.430 e. The summed E-state index contributed by atoms with van der Waals surface area (Å²) < 4.78 is 64.1. The van der Waals surface area contributed by atoms with Crippen molar-refractivity contribution in [1.29, 1.82) is 0 Å². The Balaban J connectivity index is 0.000000605. The van der Waals surface area contributed by atoms with Crippen LogP contribution in [0.15, 0.2) is 24.5 Å². The van der Waals surface area contributed by atoms with E-state index in [1.54, 1.807) is 18.5 Å². The monoisotopic (exact) mass is 491 g/mol. The fourth-order valence-electron chi connectivity index (χ4n) is 2.37. The molecule has 1 aromatic heterocycles. The topological polar surface area (TPSA) is 161 Å². The van der Waals surface area contributed by atoms with Gasteiger partial charge >= 0.3 is 12.4 Å². The van der Waals surface area contributed by atoms with E-state index in [1.165, 1.54) is 0 Å². The van der Waals surface area contributed by atoms with E-state index in [1.807, 2.05) is 6.07 Å². The molecule has 33 heavy (non-hydrogen) atoms. The third-order valence-electron chi connectivity index (χ3n) is 4.04. The van der Waals surface area contributed by atoms with Crippen molar-refractivity contribution >= 4 is 17.8 Å². The van der Waals surface area contributed by atoms with Crippen molar-refractivity contribution in [2.75, 3.05) is 0 Å². The lowest BCUT2D eigenvalue weighted by Crippen LogP contribution is -2.68. The van der Waals surface area contributed by atoms with E-state index < -0.39 is 24.3 Å². The zero-order chi connectivity index (χ0) is 26.2. The van der Waals surface area contributed by atoms with Crippen LogP contribution in [0.25, 0.3) is 0 Å². The Hall–Kier alpha value is -3.10. The molecule has 1 amide bonds. The molecule has 188 valence electrons. The number of nitrogens with zero attached hydrogens (tertiary/aromatic N) is 1. The van der Waals surface area contributed by atoms with Crippen molar-refractivity contribution in [3.63, 3.8) is 0 Å². The first-order chi connectivity index (χ1) is 14.8. The van der Waals surface area contributed by atoms with Crippen LogP contribution in [0.4, 0.5) is 26.3 Å². The van der Waals surface area contributed by atoms with Crippen molar-refractivity contribution in [2.24, 2.45) is 5.92 Å². The van der Waals surface area contributed by atoms with Crippen LogP contribution in [-0.2, 0) is 19.9 Å². The molecule has 1 atom stereocenters. The third-order valence-corrected chi connectivity index (χ3v) is 4.04. The maximum atomic E-state index is 12.1. The van der Waals surface area contributed by atoms with Gasteiger partial charge in [0, 0.05) is 22.8 Å². The molecule has 0 unspecified atom stereocenters. The number of aliphatic carboxylic acids is 2. The molecule has 0 aromatic carbocycles. The van der Waals surface area contributed by atoms with Gasteiger partial charge in [0.2, 0.25) is 12.4 Å².